The fraction of sp³-hybridized carbons (Fsp3) is 0.632. The number of rotatable bonds is 3. The maximum atomic E-state index is 12.6. The van der Waals surface area contributed by atoms with Gasteiger partial charge in [-0.3, -0.25) is 9.69 Å². The molecule has 25 heavy (non-hydrogen) atoms. The fourth-order valence-electron chi connectivity index (χ4n) is 3.83. The quantitative estimate of drug-likeness (QED) is 0.839. The monoisotopic (exact) mass is 348 g/mol. The molecule has 0 aromatic heterocycles. The molecule has 2 heterocycles. The van der Waals surface area contributed by atoms with Crippen LogP contribution >= 0.6 is 0 Å². The highest BCUT2D eigenvalue weighted by Gasteiger charge is 2.37. The standard InChI is InChI=1S/C19H28N2O4/c1-13-4-3-5-14(10-13)19(24)21-8-6-15(7-9-21)20(2)16-11-25-12-17(22)18(16)23/h3-5,10,15-18,22-23H,6-9,11-12H2,1-2H3/t16-,17-,18+/m1/s1. The molecular formula is C19H28N2O4. The molecule has 3 rings (SSSR count). The Kier molecular flexibility index (Phi) is 5.74. The Labute approximate surface area is 149 Å². The van der Waals surface area contributed by atoms with E-state index in [9.17, 15) is 15.0 Å². The first-order valence-electron chi connectivity index (χ1n) is 8.99. The summed E-state index contributed by atoms with van der Waals surface area (Å²) in [5, 5.41) is 20.0. The number of aliphatic hydroxyl groups is 2. The summed E-state index contributed by atoms with van der Waals surface area (Å²) >= 11 is 0. The van der Waals surface area contributed by atoms with E-state index in [1.165, 1.54) is 0 Å². The van der Waals surface area contributed by atoms with Gasteiger partial charge in [-0.1, -0.05) is 17.7 Å². The number of carbonyl (C=O) groups excluding carboxylic acids is 1. The van der Waals surface area contributed by atoms with Crippen LogP contribution < -0.4 is 0 Å². The van der Waals surface area contributed by atoms with Crippen LogP contribution in [0, 0.1) is 6.92 Å². The molecule has 0 radical (unpaired) electrons. The number of carbonyl (C=O) groups is 1. The van der Waals surface area contributed by atoms with Gasteiger partial charge in [0.15, 0.2) is 0 Å². The lowest BCUT2D eigenvalue weighted by atomic mass is 9.96. The second kappa shape index (κ2) is 7.83. The highest BCUT2D eigenvalue weighted by molar-refractivity contribution is 5.94. The molecule has 3 atom stereocenters. The minimum atomic E-state index is -0.829. The third kappa shape index (κ3) is 4.03. The van der Waals surface area contributed by atoms with Crippen LogP contribution in [0.4, 0.5) is 0 Å². The van der Waals surface area contributed by atoms with Crippen molar-refractivity contribution < 1.29 is 19.7 Å². The average molecular weight is 348 g/mol. The number of ether oxygens (including phenoxy) is 1. The van der Waals surface area contributed by atoms with Gasteiger partial charge in [0.2, 0.25) is 0 Å². The van der Waals surface area contributed by atoms with Crippen LogP contribution in [0.25, 0.3) is 0 Å². The predicted molar refractivity (Wildman–Crippen MR) is 94.5 cm³/mol. The Bertz CT molecular complexity index is 601. The molecular weight excluding hydrogens is 320 g/mol. The third-order valence-electron chi connectivity index (χ3n) is 5.48. The van der Waals surface area contributed by atoms with Gasteiger partial charge in [0.05, 0.1) is 25.4 Å². The van der Waals surface area contributed by atoms with Crippen molar-refractivity contribution in [3.8, 4) is 0 Å². The molecule has 1 aromatic rings. The first-order valence-corrected chi connectivity index (χ1v) is 8.99. The Hall–Kier alpha value is -1.47. The van der Waals surface area contributed by atoms with Gasteiger partial charge in [-0.15, -0.1) is 0 Å². The number of hydrogen-bond donors (Lipinski definition) is 2. The maximum absolute atomic E-state index is 12.6. The Morgan fingerprint density at radius 1 is 1.24 bits per heavy atom. The minimum Gasteiger partial charge on any atom is -0.389 e. The van der Waals surface area contributed by atoms with Crippen LogP contribution in [0.3, 0.4) is 0 Å². The second-order valence-electron chi connectivity index (χ2n) is 7.22. The Balaban J connectivity index is 1.57. The first kappa shape index (κ1) is 18.3. The van der Waals surface area contributed by atoms with Gasteiger partial charge in [-0.2, -0.15) is 0 Å². The highest BCUT2D eigenvalue weighted by Crippen LogP contribution is 2.23. The summed E-state index contributed by atoms with van der Waals surface area (Å²) in [4.78, 5) is 16.7. The molecule has 0 saturated carbocycles. The van der Waals surface area contributed by atoms with Crippen molar-refractivity contribution in [2.24, 2.45) is 0 Å². The van der Waals surface area contributed by atoms with Gasteiger partial charge in [-0.05, 0) is 38.9 Å². The van der Waals surface area contributed by atoms with Crippen LogP contribution in [-0.2, 0) is 4.74 Å². The van der Waals surface area contributed by atoms with E-state index in [1.54, 1.807) is 0 Å². The Morgan fingerprint density at radius 3 is 2.64 bits per heavy atom. The normalized spacial score (nSPS) is 28.4. The lowest BCUT2D eigenvalue weighted by Crippen LogP contribution is -2.58. The molecule has 6 nitrogen and oxygen atoms in total. The van der Waals surface area contributed by atoms with Gasteiger partial charge in [0.1, 0.15) is 6.10 Å². The summed E-state index contributed by atoms with van der Waals surface area (Å²) in [6.45, 7) is 4.01. The van der Waals surface area contributed by atoms with Gasteiger partial charge < -0.3 is 19.8 Å². The molecule has 2 aliphatic rings. The number of likely N-dealkylation sites (tertiary alicyclic amines) is 1. The lowest BCUT2D eigenvalue weighted by molar-refractivity contribution is -0.136. The molecule has 2 N–H and O–H groups in total. The first-order chi connectivity index (χ1) is 12.0. The zero-order valence-corrected chi connectivity index (χ0v) is 15.0. The summed E-state index contributed by atoms with van der Waals surface area (Å²) < 4.78 is 5.39. The van der Waals surface area contributed by atoms with Crippen LogP contribution in [0.15, 0.2) is 24.3 Å². The fourth-order valence-corrected chi connectivity index (χ4v) is 3.83. The molecule has 0 unspecified atom stereocenters. The van der Waals surface area contributed by atoms with Gasteiger partial charge in [0.25, 0.3) is 5.91 Å². The molecule has 0 aliphatic carbocycles. The van der Waals surface area contributed by atoms with Crippen LogP contribution in [0.2, 0.25) is 0 Å². The topological polar surface area (TPSA) is 73.2 Å². The van der Waals surface area contributed by atoms with E-state index >= 15 is 0 Å². The SMILES string of the molecule is Cc1cccc(C(=O)N2CCC(N(C)[C@@H]3COC[C@@H](O)[C@H]3O)CC2)c1. The zero-order valence-electron chi connectivity index (χ0n) is 15.0. The predicted octanol–water partition coefficient (Wildman–Crippen LogP) is 0.652. The summed E-state index contributed by atoms with van der Waals surface area (Å²) in [6.07, 6.45) is 0.0932. The summed E-state index contributed by atoms with van der Waals surface area (Å²) in [6, 6.07) is 7.77. The van der Waals surface area contributed by atoms with Gasteiger partial charge in [-0.25, -0.2) is 0 Å². The number of likely N-dealkylation sites (N-methyl/N-ethyl adjacent to an activating group) is 1. The molecule has 2 saturated heterocycles. The summed E-state index contributed by atoms with van der Waals surface area (Å²) in [5.74, 6) is 0.0845. The Morgan fingerprint density at radius 2 is 1.96 bits per heavy atom. The summed E-state index contributed by atoms with van der Waals surface area (Å²) in [7, 11) is 1.97. The smallest absolute Gasteiger partial charge is 0.253 e. The lowest BCUT2D eigenvalue weighted by Gasteiger charge is -2.44. The molecule has 2 fully saturated rings. The number of aliphatic hydroxyl groups excluding tert-OH is 2. The van der Waals surface area contributed by atoms with Crippen LogP contribution in [-0.4, -0.2) is 83.6 Å². The van der Waals surface area contributed by atoms with E-state index in [4.69, 9.17) is 4.74 Å². The van der Waals surface area contributed by atoms with Crippen molar-refractivity contribution in [1.82, 2.24) is 9.80 Å². The summed E-state index contributed by atoms with van der Waals surface area (Å²) in [5.41, 5.74) is 1.83. The van der Waals surface area contributed by atoms with E-state index in [0.29, 0.717) is 19.7 Å². The van der Waals surface area contributed by atoms with E-state index < -0.39 is 12.2 Å². The van der Waals surface area contributed by atoms with Crippen molar-refractivity contribution in [3.05, 3.63) is 35.4 Å². The molecule has 6 heteroatoms. The van der Waals surface area contributed by atoms with Crippen molar-refractivity contribution >= 4 is 5.91 Å². The molecule has 138 valence electrons. The third-order valence-corrected chi connectivity index (χ3v) is 5.48. The molecule has 1 amide bonds. The number of hydrogen-bond acceptors (Lipinski definition) is 5. The number of benzene rings is 1. The second-order valence-corrected chi connectivity index (χ2v) is 7.22. The minimum absolute atomic E-state index is 0.0845. The van der Waals surface area contributed by atoms with E-state index in [0.717, 1.165) is 24.0 Å². The number of aryl methyl sites for hydroxylation is 1. The van der Waals surface area contributed by atoms with Crippen molar-refractivity contribution in [3.63, 3.8) is 0 Å². The molecule has 2 aliphatic heterocycles. The van der Waals surface area contributed by atoms with E-state index in [2.05, 4.69) is 4.90 Å². The largest absolute Gasteiger partial charge is 0.389 e. The van der Waals surface area contributed by atoms with E-state index in [-0.39, 0.29) is 24.6 Å². The molecule has 0 spiro atoms. The molecule has 1 aromatic carbocycles. The van der Waals surface area contributed by atoms with Crippen molar-refractivity contribution in [1.29, 1.82) is 0 Å². The van der Waals surface area contributed by atoms with Gasteiger partial charge in [0, 0.05) is 24.7 Å². The van der Waals surface area contributed by atoms with Crippen molar-refractivity contribution in [2.75, 3.05) is 33.4 Å². The number of amides is 1. The van der Waals surface area contributed by atoms with Crippen LogP contribution in [0.5, 0.6) is 0 Å². The van der Waals surface area contributed by atoms with Crippen molar-refractivity contribution in [2.45, 2.75) is 44.1 Å². The van der Waals surface area contributed by atoms with E-state index in [1.807, 2.05) is 43.1 Å². The molecule has 0 bridgehead atoms. The maximum Gasteiger partial charge on any atom is 0.253 e. The van der Waals surface area contributed by atoms with Crippen LogP contribution in [0.1, 0.15) is 28.8 Å². The highest BCUT2D eigenvalue weighted by atomic mass is 16.5. The number of piperidine rings is 1. The van der Waals surface area contributed by atoms with Gasteiger partial charge >= 0.3 is 0 Å². The average Bonchev–Trinajstić information content (AvgIpc) is 2.63. The number of nitrogens with zero attached hydrogens (tertiary/aromatic N) is 2. The zero-order chi connectivity index (χ0) is 18.0.